The largest absolute Gasteiger partial charge is 0.494 e. The third kappa shape index (κ3) is 6.74. The quantitative estimate of drug-likeness (QED) is 0.429. The van der Waals surface area contributed by atoms with Gasteiger partial charge in [0.15, 0.2) is 5.96 Å². The number of nitrogens with one attached hydrogen (secondary N) is 2. The van der Waals surface area contributed by atoms with Gasteiger partial charge < -0.3 is 15.4 Å². The van der Waals surface area contributed by atoms with Crippen molar-refractivity contribution in [3.63, 3.8) is 0 Å². The third-order valence-electron chi connectivity index (χ3n) is 3.63. The van der Waals surface area contributed by atoms with Gasteiger partial charge in [-0.15, -0.1) is 11.3 Å². The van der Waals surface area contributed by atoms with Crippen LogP contribution in [0, 0.1) is 20.8 Å². The van der Waals surface area contributed by atoms with Gasteiger partial charge in [-0.05, 0) is 46.2 Å². The van der Waals surface area contributed by atoms with Crippen LogP contribution in [0.3, 0.4) is 0 Å². The van der Waals surface area contributed by atoms with E-state index in [4.69, 9.17) is 4.74 Å². The minimum Gasteiger partial charge on any atom is -0.494 e. The van der Waals surface area contributed by atoms with Gasteiger partial charge in [0, 0.05) is 18.0 Å². The molecule has 0 aliphatic carbocycles. The molecule has 2 N–H and O–H groups in total. The molecule has 0 bridgehead atoms. The summed E-state index contributed by atoms with van der Waals surface area (Å²) >= 11 is 1.71. The van der Waals surface area contributed by atoms with Gasteiger partial charge in [-0.3, -0.25) is 0 Å². The summed E-state index contributed by atoms with van der Waals surface area (Å²) in [6.07, 6.45) is 0.914. The Morgan fingerprint density at radius 2 is 1.92 bits per heavy atom. The summed E-state index contributed by atoms with van der Waals surface area (Å²) in [7, 11) is 0. The normalized spacial score (nSPS) is 11.4. The number of ether oxygens (including phenoxy) is 1. The first-order chi connectivity index (χ1) is 12.1. The number of aliphatic imine (C=N–C) groups is 1. The Morgan fingerprint density at radius 3 is 2.56 bits per heavy atom. The number of guanidine groups is 1. The molecular formula is C19H28N4OS. The van der Waals surface area contributed by atoms with Crippen LogP contribution in [-0.4, -0.2) is 30.6 Å². The van der Waals surface area contributed by atoms with Gasteiger partial charge in [0.1, 0.15) is 5.75 Å². The number of aryl methyl sites for hydroxylation is 3. The molecule has 0 spiro atoms. The van der Waals surface area contributed by atoms with E-state index in [9.17, 15) is 0 Å². The predicted molar refractivity (Wildman–Crippen MR) is 106 cm³/mol. The Bertz CT molecular complexity index is 679. The lowest BCUT2D eigenvalue weighted by Crippen LogP contribution is -2.38. The van der Waals surface area contributed by atoms with Crippen LogP contribution in [0.5, 0.6) is 5.75 Å². The molecule has 0 unspecified atom stereocenters. The first-order valence-corrected chi connectivity index (χ1v) is 9.54. The SMILES string of the molecule is CCNC(=NCc1sc(C)nc1C)NCCCOc1ccc(C)cc1. The van der Waals surface area contributed by atoms with E-state index < -0.39 is 0 Å². The third-order valence-corrected chi connectivity index (χ3v) is 4.69. The molecule has 2 rings (SSSR count). The van der Waals surface area contributed by atoms with E-state index in [2.05, 4.69) is 46.6 Å². The summed E-state index contributed by atoms with van der Waals surface area (Å²) in [6.45, 7) is 11.2. The molecule has 0 fully saturated rings. The van der Waals surface area contributed by atoms with Gasteiger partial charge in [0.05, 0.1) is 23.9 Å². The van der Waals surface area contributed by atoms with E-state index in [0.29, 0.717) is 13.2 Å². The monoisotopic (exact) mass is 360 g/mol. The van der Waals surface area contributed by atoms with Crippen LogP contribution in [0.25, 0.3) is 0 Å². The van der Waals surface area contributed by atoms with Crippen molar-refractivity contribution >= 4 is 17.3 Å². The Kier molecular flexibility index (Phi) is 7.73. The van der Waals surface area contributed by atoms with Crippen molar-refractivity contribution in [2.45, 2.75) is 40.7 Å². The molecule has 0 saturated carbocycles. The highest BCUT2D eigenvalue weighted by Gasteiger charge is 2.04. The van der Waals surface area contributed by atoms with Crippen molar-refractivity contribution in [2.75, 3.05) is 19.7 Å². The van der Waals surface area contributed by atoms with Crippen LogP contribution in [0.1, 0.15) is 34.5 Å². The highest BCUT2D eigenvalue weighted by Crippen LogP contribution is 2.17. The lowest BCUT2D eigenvalue weighted by molar-refractivity contribution is 0.311. The summed E-state index contributed by atoms with van der Waals surface area (Å²) in [5.74, 6) is 1.76. The average Bonchev–Trinajstić information content (AvgIpc) is 2.91. The standard InChI is InChI=1S/C19H28N4OS/c1-5-20-19(22-13-18-15(3)23-16(4)25-18)21-11-6-12-24-17-9-7-14(2)8-10-17/h7-10H,5-6,11-13H2,1-4H3,(H2,20,21,22). The minimum absolute atomic E-state index is 0.659. The maximum Gasteiger partial charge on any atom is 0.191 e. The lowest BCUT2D eigenvalue weighted by atomic mass is 10.2. The van der Waals surface area contributed by atoms with Crippen molar-refractivity contribution in [1.82, 2.24) is 15.6 Å². The fraction of sp³-hybridized carbons (Fsp3) is 0.474. The van der Waals surface area contributed by atoms with Crippen molar-refractivity contribution in [1.29, 1.82) is 0 Å². The van der Waals surface area contributed by atoms with Crippen molar-refractivity contribution in [3.05, 3.63) is 45.4 Å². The summed E-state index contributed by atoms with van der Waals surface area (Å²) < 4.78 is 5.74. The number of thiazole rings is 1. The molecule has 0 saturated heterocycles. The molecular weight excluding hydrogens is 332 g/mol. The van der Waals surface area contributed by atoms with Gasteiger partial charge in [-0.2, -0.15) is 0 Å². The maximum atomic E-state index is 5.74. The molecule has 0 atom stereocenters. The zero-order valence-electron chi connectivity index (χ0n) is 15.6. The second-order valence-corrected chi connectivity index (χ2v) is 7.17. The van der Waals surface area contributed by atoms with Gasteiger partial charge in [-0.25, -0.2) is 9.98 Å². The number of benzene rings is 1. The lowest BCUT2D eigenvalue weighted by Gasteiger charge is -2.11. The van der Waals surface area contributed by atoms with E-state index in [0.717, 1.165) is 41.9 Å². The van der Waals surface area contributed by atoms with Crippen molar-refractivity contribution < 1.29 is 4.74 Å². The second-order valence-electron chi connectivity index (χ2n) is 5.88. The minimum atomic E-state index is 0.659. The molecule has 0 amide bonds. The van der Waals surface area contributed by atoms with Crippen molar-refractivity contribution in [2.24, 2.45) is 4.99 Å². The highest BCUT2D eigenvalue weighted by molar-refractivity contribution is 7.11. The molecule has 5 nitrogen and oxygen atoms in total. The van der Waals surface area contributed by atoms with Crippen LogP contribution in [-0.2, 0) is 6.54 Å². The molecule has 25 heavy (non-hydrogen) atoms. The molecule has 0 aliphatic rings. The Hall–Kier alpha value is -2.08. The fourth-order valence-electron chi connectivity index (χ4n) is 2.32. The number of nitrogens with zero attached hydrogens (tertiary/aromatic N) is 2. The number of aromatic nitrogens is 1. The molecule has 0 aliphatic heterocycles. The highest BCUT2D eigenvalue weighted by atomic mass is 32.1. The van der Waals surface area contributed by atoms with E-state index in [-0.39, 0.29) is 0 Å². The molecule has 1 aromatic heterocycles. The maximum absolute atomic E-state index is 5.74. The number of hydrogen-bond donors (Lipinski definition) is 2. The smallest absolute Gasteiger partial charge is 0.191 e. The Balaban J connectivity index is 1.74. The van der Waals surface area contributed by atoms with Crippen molar-refractivity contribution in [3.8, 4) is 5.75 Å². The van der Waals surface area contributed by atoms with Crippen LogP contribution < -0.4 is 15.4 Å². The molecule has 2 aromatic rings. The summed E-state index contributed by atoms with van der Waals surface area (Å²) in [5.41, 5.74) is 2.32. The average molecular weight is 361 g/mol. The zero-order chi connectivity index (χ0) is 18.1. The molecule has 136 valence electrons. The summed E-state index contributed by atoms with van der Waals surface area (Å²) in [5, 5.41) is 7.72. The van der Waals surface area contributed by atoms with E-state index in [1.165, 1.54) is 10.4 Å². The Morgan fingerprint density at radius 1 is 1.16 bits per heavy atom. The molecule has 1 heterocycles. The number of rotatable bonds is 8. The van der Waals surface area contributed by atoms with Gasteiger partial charge >= 0.3 is 0 Å². The molecule has 1 aromatic carbocycles. The fourth-order valence-corrected chi connectivity index (χ4v) is 3.18. The molecule has 0 radical (unpaired) electrons. The zero-order valence-corrected chi connectivity index (χ0v) is 16.4. The van der Waals surface area contributed by atoms with Crippen LogP contribution >= 0.6 is 11.3 Å². The van der Waals surface area contributed by atoms with Crippen LogP contribution in [0.4, 0.5) is 0 Å². The molecule has 6 heteroatoms. The van der Waals surface area contributed by atoms with Gasteiger partial charge in [0.25, 0.3) is 0 Å². The predicted octanol–water partition coefficient (Wildman–Crippen LogP) is 3.59. The van der Waals surface area contributed by atoms with Crippen LogP contribution in [0.2, 0.25) is 0 Å². The van der Waals surface area contributed by atoms with Crippen LogP contribution in [0.15, 0.2) is 29.3 Å². The van der Waals surface area contributed by atoms with Gasteiger partial charge in [0.2, 0.25) is 0 Å². The Labute approximate surface area is 154 Å². The first-order valence-electron chi connectivity index (χ1n) is 8.73. The van der Waals surface area contributed by atoms with Gasteiger partial charge in [-0.1, -0.05) is 17.7 Å². The topological polar surface area (TPSA) is 58.5 Å². The van der Waals surface area contributed by atoms with E-state index in [1.807, 2.05) is 26.0 Å². The number of hydrogen-bond acceptors (Lipinski definition) is 4. The second kappa shape index (κ2) is 10.0. The van der Waals surface area contributed by atoms with E-state index in [1.54, 1.807) is 11.3 Å². The summed E-state index contributed by atoms with van der Waals surface area (Å²) in [6, 6.07) is 8.14. The van der Waals surface area contributed by atoms with E-state index >= 15 is 0 Å². The summed E-state index contributed by atoms with van der Waals surface area (Å²) in [4.78, 5) is 10.3. The first kappa shape index (κ1) is 19.2.